The molecule has 0 fully saturated rings. The molecule has 0 bridgehead atoms. The molecule has 1 aliphatic heterocycles. The Morgan fingerprint density at radius 2 is 2.26 bits per heavy atom. The number of aromatic nitrogens is 5. The van der Waals surface area contributed by atoms with Crippen molar-refractivity contribution in [3.63, 3.8) is 0 Å². The van der Waals surface area contributed by atoms with Crippen molar-refractivity contribution in [2.75, 3.05) is 6.61 Å². The maximum Gasteiger partial charge on any atom is 0.135 e. The number of imidazole rings is 1. The summed E-state index contributed by atoms with van der Waals surface area (Å²) in [5, 5.41) is 4.20. The van der Waals surface area contributed by atoms with Crippen LogP contribution in [0.1, 0.15) is 5.82 Å². The SMILES string of the molecule is Cn1ncc2ncc(-c3cn4c(n3)COCC4)cc21. The third-order valence-corrected chi connectivity index (χ3v) is 3.46. The monoisotopic (exact) mass is 255 g/mol. The highest BCUT2D eigenvalue weighted by molar-refractivity contribution is 5.79. The molecule has 3 aromatic heterocycles. The van der Waals surface area contributed by atoms with Crippen molar-refractivity contribution < 1.29 is 4.74 Å². The van der Waals surface area contributed by atoms with Crippen LogP contribution in [-0.4, -0.2) is 30.9 Å². The molecular weight excluding hydrogens is 242 g/mol. The molecule has 0 unspecified atom stereocenters. The predicted octanol–water partition coefficient (Wildman–Crippen LogP) is 1.36. The van der Waals surface area contributed by atoms with Gasteiger partial charge in [0.15, 0.2) is 0 Å². The van der Waals surface area contributed by atoms with E-state index < -0.39 is 0 Å². The van der Waals surface area contributed by atoms with Crippen LogP contribution in [0.2, 0.25) is 0 Å². The van der Waals surface area contributed by atoms with E-state index in [1.54, 1.807) is 6.20 Å². The van der Waals surface area contributed by atoms with Crippen LogP contribution in [0.3, 0.4) is 0 Å². The number of hydrogen-bond donors (Lipinski definition) is 0. The number of ether oxygens (including phenoxy) is 1. The third-order valence-electron chi connectivity index (χ3n) is 3.46. The standard InChI is InChI=1S/C13H13N5O/c1-17-12-4-9(5-14-10(12)6-15-17)11-7-18-2-3-19-8-13(18)16-11/h4-7H,2-3,8H2,1H3. The molecule has 6 heteroatoms. The van der Waals surface area contributed by atoms with E-state index in [9.17, 15) is 0 Å². The molecule has 0 radical (unpaired) electrons. The maximum atomic E-state index is 5.41. The van der Waals surface area contributed by atoms with Gasteiger partial charge in [-0.2, -0.15) is 5.10 Å². The fourth-order valence-electron chi connectivity index (χ4n) is 2.39. The number of nitrogens with zero attached hydrogens (tertiary/aromatic N) is 5. The van der Waals surface area contributed by atoms with E-state index in [-0.39, 0.29) is 0 Å². The fraction of sp³-hybridized carbons (Fsp3) is 0.308. The Morgan fingerprint density at radius 3 is 3.16 bits per heavy atom. The number of fused-ring (bicyclic) bond motifs is 2. The predicted molar refractivity (Wildman–Crippen MR) is 69.4 cm³/mol. The first-order valence-corrected chi connectivity index (χ1v) is 6.23. The summed E-state index contributed by atoms with van der Waals surface area (Å²) in [6, 6.07) is 2.07. The summed E-state index contributed by atoms with van der Waals surface area (Å²) < 4.78 is 9.38. The van der Waals surface area contributed by atoms with Crippen molar-refractivity contribution in [3.05, 3.63) is 30.5 Å². The van der Waals surface area contributed by atoms with Crippen LogP contribution in [0.25, 0.3) is 22.3 Å². The lowest BCUT2D eigenvalue weighted by Crippen LogP contribution is -2.15. The lowest BCUT2D eigenvalue weighted by atomic mass is 10.2. The summed E-state index contributed by atoms with van der Waals surface area (Å²) in [5.74, 6) is 0.978. The first-order valence-electron chi connectivity index (χ1n) is 6.23. The van der Waals surface area contributed by atoms with Gasteiger partial charge in [0.2, 0.25) is 0 Å². The lowest BCUT2D eigenvalue weighted by molar-refractivity contribution is 0.0816. The van der Waals surface area contributed by atoms with E-state index in [1.807, 2.05) is 17.9 Å². The number of pyridine rings is 1. The van der Waals surface area contributed by atoms with Gasteiger partial charge in [0, 0.05) is 31.5 Å². The summed E-state index contributed by atoms with van der Waals surface area (Å²) in [4.78, 5) is 9.03. The fourth-order valence-corrected chi connectivity index (χ4v) is 2.39. The molecule has 96 valence electrons. The van der Waals surface area contributed by atoms with E-state index in [1.165, 1.54) is 0 Å². The molecule has 6 nitrogen and oxygen atoms in total. The van der Waals surface area contributed by atoms with Crippen molar-refractivity contribution in [3.8, 4) is 11.3 Å². The third kappa shape index (κ3) is 1.64. The second-order valence-corrected chi connectivity index (χ2v) is 4.68. The molecule has 0 aliphatic carbocycles. The van der Waals surface area contributed by atoms with Crippen LogP contribution in [0.5, 0.6) is 0 Å². The smallest absolute Gasteiger partial charge is 0.135 e. The Balaban J connectivity index is 1.84. The average molecular weight is 255 g/mol. The normalized spacial score (nSPS) is 14.8. The summed E-state index contributed by atoms with van der Waals surface area (Å²) in [6.45, 7) is 2.20. The Bertz CT molecular complexity index is 734. The average Bonchev–Trinajstić information content (AvgIpc) is 3.02. The molecule has 0 saturated carbocycles. The second-order valence-electron chi connectivity index (χ2n) is 4.68. The van der Waals surface area contributed by atoms with Gasteiger partial charge in [-0.3, -0.25) is 9.67 Å². The molecule has 0 aromatic carbocycles. The molecule has 19 heavy (non-hydrogen) atoms. The largest absolute Gasteiger partial charge is 0.372 e. The van der Waals surface area contributed by atoms with Gasteiger partial charge in [-0.05, 0) is 6.07 Å². The molecule has 0 amide bonds. The molecule has 4 heterocycles. The van der Waals surface area contributed by atoms with Crippen molar-refractivity contribution >= 4 is 11.0 Å². The Hall–Kier alpha value is -2.21. The van der Waals surface area contributed by atoms with Gasteiger partial charge in [0.1, 0.15) is 17.9 Å². The van der Waals surface area contributed by atoms with Gasteiger partial charge >= 0.3 is 0 Å². The highest BCUT2D eigenvalue weighted by atomic mass is 16.5. The number of rotatable bonds is 1. The quantitative estimate of drug-likeness (QED) is 0.659. The van der Waals surface area contributed by atoms with Gasteiger partial charge in [-0.1, -0.05) is 0 Å². The molecule has 1 aliphatic rings. The van der Waals surface area contributed by atoms with Gasteiger partial charge in [-0.25, -0.2) is 4.98 Å². The lowest BCUT2D eigenvalue weighted by Gasteiger charge is -2.13. The van der Waals surface area contributed by atoms with E-state index in [0.717, 1.165) is 41.3 Å². The zero-order valence-corrected chi connectivity index (χ0v) is 10.6. The molecule has 4 rings (SSSR count). The van der Waals surface area contributed by atoms with Crippen molar-refractivity contribution in [2.24, 2.45) is 7.05 Å². The summed E-state index contributed by atoms with van der Waals surface area (Å²) in [6.07, 6.45) is 5.68. The number of aryl methyl sites for hydroxylation is 1. The summed E-state index contributed by atoms with van der Waals surface area (Å²) in [5.41, 5.74) is 3.87. The van der Waals surface area contributed by atoms with E-state index in [4.69, 9.17) is 4.74 Å². The van der Waals surface area contributed by atoms with Crippen LogP contribution >= 0.6 is 0 Å². The van der Waals surface area contributed by atoms with Crippen LogP contribution < -0.4 is 0 Å². The summed E-state index contributed by atoms with van der Waals surface area (Å²) >= 11 is 0. The van der Waals surface area contributed by atoms with Gasteiger partial charge in [-0.15, -0.1) is 0 Å². The maximum absolute atomic E-state index is 5.41. The first kappa shape index (κ1) is 10.7. The van der Waals surface area contributed by atoms with E-state index in [0.29, 0.717) is 6.61 Å². The highest BCUT2D eigenvalue weighted by Gasteiger charge is 2.14. The van der Waals surface area contributed by atoms with Gasteiger partial charge in [0.05, 0.1) is 24.0 Å². The van der Waals surface area contributed by atoms with E-state index >= 15 is 0 Å². The van der Waals surface area contributed by atoms with Crippen LogP contribution in [0.4, 0.5) is 0 Å². The van der Waals surface area contributed by atoms with Gasteiger partial charge < -0.3 is 9.30 Å². The minimum absolute atomic E-state index is 0.585. The zero-order valence-electron chi connectivity index (χ0n) is 10.6. The van der Waals surface area contributed by atoms with Crippen LogP contribution in [0, 0.1) is 0 Å². The second kappa shape index (κ2) is 3.89. The molecule has 0 saturated heterocycles. The van der Waals surface area contributed by atoms with E-state index in [2.05, 4.69) is 31.9 Å². The van der Waals surface area contributed by atoms with Crippen LogP contribution in [-0.2, 0) is 24.9 Å². The highest BCUT2D eigenvalue weighted by Crippen LogP contribution is 2.23. The molecule has 0 N–H and O–H groups in total. The van der Waals surface area contributed by atoms with Crippen molar-refractivity contribution in [1.29, 1.82) is 0 Å². The van der Waals surface area contributed by atoms with Crippen molar-refractivity contribution in [1.82, 2.24) is 24.3 Å². The molecule has 0 atom stereocenters. The zero-order chi connectivity index (χ0) is 12.8. The Labute approximate surface area is 109 Å². The van der Waals surface area contributed by atoms with Gasteiger partial charge in [0.25, 0.3) is 0 Å². The first-order chi connectivity index (χ1) is 9.31. The van der Waals surface area contributed by atoms with Crippen LogP contribution in [0.15, 0.2) is 24.7 Å². The topological polar surface area (TPSA) is 57.8 Å². The Kier molecular flexibility index (Phi) is 2.19. The molecule has 3 aromatic rings. The molecule has 0 spiro atoms. The Morgan fingerprint density at radius 1 is 1.32 bits per heavy atom. The molecular formula is C13H13N5O. The number of hydrogen-bond acceptors (Lipinski definition) is 4. The minimum atomic E-state index is 0.585. The summed E-state index contributed by atoms with van der Waals surface area (Å²) in [7, 11) is 1.92. The van der Waals surface area contributed by atoms with Crippen molar-refractivity contribution in [2.45, 2.75) is 13.2 Å². The minimum Gasteiger partial charge on any atom is -0.372 e.